The third-order valence-electron chi connectivity index (χ3n) is 2.99. The zero-order valence-electron chi connectivity index (χ0n) is 11.3. The summed E-state index contributed by atoms with van der Waals surface area (Å²) in [6.45, 7) is 0.614. The third-order valence-corrected chi connectivity index (χ3v) is 2.99. The molecule has 1 amide bonds. The molecule has 2 aromatic rings. The Labute approximate surface area is 118 Å². The smallest absolute Gasteiger partial charge is 0.241 e. The van der Waals surface area contributed by atoms with Crippen molar-refractivity contribution in [3.05, 3.63) is 66.0 Å². The monoisotopic (exact) mass is 272 g/mol. The molecule has 0 radical (unpaired) electrons. The number of benzene rings is 2. The van der Waals surface area contributed by atoms with Crippen LogP contribution in [0.4, 0.5) is 10.1 Å². The van der Waals surface area contributed by atoms with E-state index in [2.05, 4.69) is 5.32 Å². The van der Waals surface area contributed by atoms with Crippen LogP contribution in [0.2, 0.25) is 0 Å². The van der Waals surface area contributed by atoms with Crippen LogP contribution >= 0.6 is 0 Å². The highest BCUT2D eigenvalue weighted by molar-refractivity contribution is 5.80. The van der Waals surface area contributed by atoms with Crippen LogP contribution in [-0.4, -0.2) is 24.4 Å². The molecule has 0 aliphatic rings. The molecule has 3 nitrogen and oxygen atoms in total. The summed E-state index contributed by atoms with van der Waals surface area (Å²) in [5.41, 5.74) is 1.41. The van der Waals surface area contributed by atoms with E-state index in [0.717, 1.165) is 5.56 Å². The molecule has 0 aliphatic carbocycles. The van der Waals surface area contributed by atoms with Crippen molar-refractivity contribution in [2.75, 3.05) is 18.9 Å². The molecule has 0 bridgehead atoms. The second-order valence-electron chi connectivity index (χ2n) is 4.57. The predicted molar refractivity (Wildman–Crippen MR) is 77.8 cm³/mol. The quantitative estimate of drug-likeness (QED) is 0.907. The molecule has 0 atom stereocenters. The summed E-state index contributed by atoms with van der Waals surface area (Å²) in [5.74, 6) is -0.442. The minimum Gasteiger partial charge on any atom is -0.374 e. The number of halogens is 1. The first kappa shape index (κ1) is 14.1. The lowest BCUT2D eigenvalue weighted by atomic mass is 10.2. The molecule has 0 fully saturated rings. The number of carbonyl (C=O) groups is 1. The van der Waals surface area contributed by atoms with Crippen LogP contribution in [0.1, 0.15) is 5.56 Å². The van der Waals surface area contributed by atoms with Gasteiger partial charge in [-0.2, -0.15) is 0 Å². The Bertz CT molecular complexity index is 572. The summed E-state index contributed by atoms with van der Waals surface area (Å²) >= 11 is 0. The number of carbonyl (C=O) groups excluding carboxylic acids is 1. The molecule has 2 rings (SSSR count). The Hall–Kier alpha value is -2.36. The number of amides is 1. The number of hydrogen-bond donors (Lipinski definition) is 1. The van der Waals surface area contributed by atoms with Gasteiger partial charge in [-0.05, 0) is 17.7 Å². The summed E-state index contributed by atoms with van der Waals surface area (Å²) in [6.07, 6.45) is 0. The maximum Gasteiger partial charge on any atom is 0.241 e. The van der Waals surface area contributed by atoms with Crippen molar-refractivity contribution in [1.82, 2.24) is 4.90 Å². The predicted octanol–water partition coefficient (Wildman–Crippen LogP) is 2.90. The summed E-state index contributed by atoms with van der Waals surface area (Å²) in [5, 5.41) is 2.81. The van der Waals surface area contributed by atoms with Crippen molar-refractivity contribution >= 4 is 11.6 Å². The van der Waals surface area contributed by atoms with Gasteiger partial charge in [0.15, 0.2) is 0 Å². The first-order valence-corrected chi connectivity index (χ1v) is 6.43. The first-order chi connectivity index (χ1) is 9.66. The molecule has 0 spiro atoms. The minimum atomic E-state index is -0.356. The molecule has 0 heterocycles. The van der Waals surface area contributed by atoms with E-state index >= 15 is 0 Å². The average molecular weight is 272 g/mol. The Balaban J connectivity index is 1.87. The van der Waals surface area contributed by atoms with Gasteiger partial charge in [-0.3, -0.25) is 4.79 Å². The molecule has 0 saturated heterocycles. The summed E-state index contributed by atoms with van der Waals surface area (Å²) < 4.78 is 13.4. The third kappa shape index (κ3) is 3.82. The van der Waals surface area contributed by atoms with E-state index in [0.29, 0.717) is 12.2 Å². The molecule has 0 aliphatic heterocycles. The van der Waals surface area contributed by atoms with E-state index in [1.165, 1.54) is 6.07 Å². The van der Waals surface area contributed by atoms with Gasteiger partial charge in [-0.15, -0.1) is 0 Å². The lowest BCUT2D eigenvalue weighted by Gasteiger charge is -2.18. The first-order valence-electron chi connectivity index (χ1n) is 6.43. The van der Waals surface area contributed by atoms with E-state index < -0.39 is 0 Å². The van der Waals surface area contributed by atoms with Crippen LogP contribution in [-0.2, 0) is 11.3 Å². The number of para-hydroxylation sites is 1. The van der Waals surface area contributed by atoms with Crippen LogP contribution in [0, 0.1) is 5.82 Å². The molecular formula is C16H17FN2O. The average Bonchev–Trinajstić information content (AvgIpc) is 2.47. The Morgan fingerprint density at radius 1 is 1.10 bits per heavy atom. The standard InChI is InChI=1S/C16H17FN2O/c1-19(12-13-7-3-2-4-8-13)16(20)11-18-15-10-6-5-9-14(15)17/h2-10,18H,11-12H2,1H3. The van der Waals surface area contributed by atoms with Crippen LogP contribution in [0.15, 0.2) is 54.6 Å². The molecular weight excluding hydrogens is 255 g/mol. The molecule has 0 unspecified atom stereocenters. The number of rotatable bonds is 5. The SMILES string of the molecule is CN(Cc1ccccc1)C(=O)CNc1ccccc1F. The van der Waals surface area contributed by atoms with Crippen LogP contribution in [0.5, 0.6) is 0 Å². The maximum absolute atomic E-state index is 13.4. The van der Waals surface area contributed by atoms with Gasteiger partial charge in [0.1, 0.15) is 5.82 Å². The van der Waals surface area contributed by atoms with Crippen molar-refractivity contribution in [2.24, 2.45) is 0 Å². The fourth-order valence-electron chi connectivity index (χ4n) is 1.86. The minimum absolute atomic E-state index is 0.0737. The van der Waals surface area contributed by atoms with Gasteiger partial charge in [0.25, 0.3) is 0 Å². The van der Waals surface area contributed by atoms with Gasteiger partial charge in [0.2, 0.25) is 5.91 Å². The fourth-order valence-corrected chi connectivity index (χ4v) is 1.86. The largest absolute Gasteiger partial charge is 0.374 e. The van der Waals surface area contributed by atoms with E-state index in [4.69, 9.17) is 0 Å². The van der Waals surface area contributed by atoms with E-state index in [-0.39, 0.29) is 18.3 Å². The van der Waals surface area contributed by atoms with E-state index in [9.17, 15) is 9.18 Å². The van der Waals surface area contributed by atoms with Crippen molar-refractivity contribution < 1.29 is 9.18 Å². The van der Waals surface area contributed by atoms with Gasteiger partial charge in [0.05, 0.1) is 12.2 Å². The molecule has 104 valence electrons. The van der Waals surface area contributed by atoms with Gasteiger partial charge in [-0.25, -0.2) is 4.39 Å². The second kappa shape index (κ2) is 6.70. The Morgan fingerprint density at radius 2 is 1.75 bits per heavy atom. The molecule has 1 N–H and O–H groups in total. The summed E-state index contributed by atoms with van der Waals surface area (Å²) in [4.78, 5) is 13.6. The molecule has 2 aromatic carbocycles. The van der Waals surface area contributed by atoms with Gasteiger partial charge >= 0.3 is 0 Å². The Morgan fingerprint density at radius 3 is 2.45 bits per heavy atom. The molecule has 0 saturated carbocycles. The Kier molecular flexibility index (Phi) is 4.71. The van der Waals surface area contributed by atoms with E-state index in [1.54, 1.807) is 30.1 Å². The van der Waals surface area contributed by atoms with Crippen LogP contribution in [0.25, 0.3) is 0 Å². The van der Waals surface area contributed by atoms with Gasteiger partial charge in [-0.1, -0.05) is 42.5 Å². The fraction of sp³-hybridized carbons (Fsp3) is 0.188. The zero-order valence-corrected chi connectivity index (χ0v) is 11.3. The van der Waals surface area contributed by atoms with Crippen LogP contribution in [0.3, 0.4) is 0 Å². The zero-order chi connectivity index (χ0) is 14.4. The number of likely N-dealkylation sites (N-methyl/N-ethyl adjacent to an activating group) is 1. The van der Waals surface area contributed by atoms with Crippen molar-refractivity contribution in [2.45, 2.75) is 6.54 Å². The number of nitrogens with zero attached hydrogens (tertiary/aromatic N) is 1. The summed E-state index contributed by atoms with van der Waals surface area (Å²) in [6, 6.07) is 16.1. The van der Waals surface area contributed by atoms with Crippen molar-refractivity contribution in [3.63, 3.8) is 0 Å². The number of nitrogens with one attached hydrogen (secondary N) is 1. The van der Waals surface area contributed by atoms with Crippen molar-refractivity contribution in [1.29, 1.82) is 0 Å². The number of hydrogen-bond acceptors (Lipinski definition) is 2. The molecule has 4 heteroatoms. The van der Waals surface area contributed by atoms with Gasteiger partial charge in [0, 0.05) is 13.6 Å². The van der Waals surface area contributed by atoms with Gasteiger partial charge < -0.3 is 10.2 Å². The topological polar surface area (TPSA) is 32.3 Å². The lowest BCUT2D eigenvalue weighted by Crippen LogP contribution is -2.31. The number of anilines is 1. The molecule has 0 aromatic heterocycles. The second-order valence-corrected chi connectivity index (χ2v) is 4.57. The highest BCUT2D eigenvalue weighted by Crippen LogP contribution is 2.12. The van der Waals surface area contributed by atoms with Crippen LogP contribution < -0.4 is 5.32 Å². The molecule has 20 heavy (non-hydrogen) atoms. The van der Waals surface area contributed by atoms with Crippen molar-refractivity contribution in [3.8, 4) is 0 Å². The lowest BCUT2D eigenvalue weighted by molar-refractivity contribution is -0.128. The normalized spacial score (nSPS) is 10.1. The van der Waals surface area contributed by atoms with E-state index in [1.807, 2.05) is 30.3 Å². The highest BCUT2D eigenvalue weighted by Gasteiger charge is 2.09. The maximum atomic E-state index is 13.4. The summed E-state index contributed by atoms with van der Waals surface area (Å²) in [7, 11) is 1.73. The highest BCUT2D eigenvalue weighted by atomic mass is 19.1.